The Hall–Kier alpha value is -0.0200. The summed E-state index contributed by atoms with van der Waals surface area (Å²) >= 11 is 1.70. The third-order valence-electron chi connectivity index (χ3n) is 2.34. The summed E-state index contributed by atoms with van der Waals surface area (Å²) in [6.45, 7) is 0.760. The van der Waals surface area contributed by atoms with E-state index in [1.165, 1.54) is 0 Å². The van der Waals surface area contributed by atoms with Crippen LogP contribution in [0.1, 0.15) is 25.7 Å². The summed E-state index contributed by atoms with van der Waals surface area (Å²) in [5.41, 5.74) is 0. The molecule has 0 aromatic heterocycles. The predicted molar refractivity (Wildman–Crippen MR) is 44.6 cm³/mol. The van der Waals surface area contributed by atoms with Crippen molar-refractivity contribution in [1.29, 1.82) is 0 Å². The number of Topliss-reactive ketones (excluding diaryl/α,β-unsaturated/α-hetero) is 1. The highest BCUT2D eigenvalue weighted by Crippen LogP contribution is 2.41. The molecular formula is C8H12O2S. The summed E-state index contributed by atoms with van der Waals surface area (Å²) < 4.78 is 5.51. The maximum absolute atomic E-state index is 11.5. The Balaban J connectivity index is 2.13. The summed E-state index contributed by atoms with van der Waals surface area (Å²) in [5.74, 6) is 1.32. The number of ether oxygens (including phenoxy) is 1. The van der Waals surface area contributed by atoms with E-state index in [2.05, 4.69) is 0 Å². The molecule has 2 rings (SSSR count). The van der Waals surface area contributed by atoms with Gasteiger partial charge in [-0.05, 0) is 19.3 Å². The zero-order valence-corrected chi connectivity index (χ0v) is 7.28. The highest BCUT2D eigenvalue weighted by atomic mass is 32.2. The van der Waals surface area contributed by atoms with E-state index in [1.54, 1.807) is 11.8 Å². The van der Waals surface area contributed by atoms with Gasteiger partial charge in [-0.2, -0.15) is 0 Å². The van der Waals surface area contributed by atoms with E-state index < -0.39 is 4.93 Å². The second kappa shape index (κ2) is 2.79. The van der Waals surface area contributed by atoms with Crippen LogP contribution < -0.4 is 0 Å². The molecule has 2 nitrogen and oxygen atoms in total. The SMILES string of the molecule is O=C1CCCCC12OCCS2. The van der Waals surface area contributed by atoms with E-state index in [4.69, 9.17) is 4.74 Å². The minimum Gasteiger partial charge on any atom is -0.356 e. The number of rotatable bonds is 0. The first-order valence-electron chi connectivity index (χ1n) is 4.15. The Labute approximate surface area is 70.7 Å². The van der Waals surface area contributed by atoms with E-state index in [0.29, 0.717) is 5.78 Å². The summed E-state index contributed by atoms with van der Waals surface area (Å²) in [4.78, 5) is 11.1. The number of carbonyl (C=O) groups excluding carboxylic acids is 1. The molecule has 0 radical (unpaired) electrons. The molecular weight excluding hydrogens is 160 g/mol. The van der Waals surface area contributed by atoms with Gasteiger partial charge in [-0.25, -0.2) is 0 Å². The van der Waals surface area contributed by atoms with Crippen molar-refractivity contribution in [3.63, 3.8) is 0 Å². The fraction of sp³-hybridized carbons (Fsp3) is 0.875. The molecule has 3 heteroatoms. The van der Waals surface area contributed by atoms with Crippen molar-refractivity contribution in [2.75, 3.05) is 12.4 Å². The van der Waals surface area contributed by atoms with Crippen molar-refractivity contribution in [3.05, 3.63) is 0 Å². The summed E-state index contributed by atoms with van der Waals surface area (Å²) in [6.07, 6.45) is 3.88. The van der Waals surface area contributed by atoms with Crippen LogP contribution in [0.25, 0.3) is 0 Å². The molecule has 62 valence electrons. The second-order valence-electron chi connectivity index (χ2n) is 3.08. The Morgan fingerprint density at radius 2 is 2.36 bits per heavy atom. The van der Waals surface area contributed by atoms with Crippen LogP contribution in [-0.4, -0.2) is 23.1 Å². The Kier molecular flexibility index (Phi) is 1.93. The fourth-order valence-electron chi connectivity index (χ4n) is 1.73. The van der Waals surface area contributed by atoms with Crippen molar-refractivity contribution in [2.24, 2.45) is 0 Å². The van der Waals surface area contributed by atoms with E-state index in [0.717, 1.165) is 38.0 Å². The Morgan fingerprint density at radius 3 is 3.00 bits per heavy atom. The highest BCUT2D eigenvalue weighted by molar-refractivity contribution is 8.01. The van der Waals surface area contributed by atoms with E-state index in [9.17, 15) is 4.79 Å². The van der Waals surface area contributed by atoms with E-state index in [1.807, 2.05) is 0 Å². The van der Waals surface area contributed by atoms with Crippen molar-refractivity contribution in [3.8, 4) is 0 Å². The largest absolute Gasteiger partial charge is 0.356 e. The zero-order chi connectivity index (χ0) is 7.73. The van der Waals surface area contributed by atoms with Gasteiger partial charge in [0.2, 0.25) is 0 Å². The maximum Gasteiger partial charge on any atom is 0.174 e. The lowest BCUT2D eigenvalue weighted by Crippen LogP contribution is -2.37. The van der Waals surface area contributed by atoms with E-state index in [-0.39, 0.29) is 0 Å². The second-order valence-corrected chi connectivity index (χ2v) is 4.44. The van der Waals surface area contributed by atoms with Gasteiger partial charge in [0.05, 0.1) is 6.61 Å². The summed E-state index contributed by atoms with van der Waals surface area (Å²) in [7, 11) is 0. The molecule has 11 heavy (non-hydrogen) atoms. The van der Waals surface area contributed by atoms with Gasteiger partial charge in [0, 0.05) is 12.2 Å². The molecule has 2 aliphatic rings. The molecule has 1 saturated heterocycles. The van der Waals surface area contributed by atoms with Gasteiger partial charge in [0.15, 0.2) is 10.7 Å². The minimum absolute atomic E-state index is 0.325. The van der Waals surface area contributed by atoms with Crippen LogP contribution >= 0.6 is 11.8 Å². The molecule has 2 fully saturated rings. The fourth-order valence-corrected chi connectivity index (χ4v) is 2.95. The topological polar surface area (TPSA) is 26.3 Å². The van der Waals surface area contributed by atoms with Gasteiger partial charge in [-0.1, -0.05) is 0 Å². The Morgan fingerprint density at radius 1 is 1.45 bits per heavy atom. The monoisotopic (exact) mass is 172 g/mol. The van der Waals surface area contributed by atoms with Crippen molar-refractivity contribution in [2.45, 2.75) is 30.6 Å². The molecule has 0 aromatic carbocycles. The molecule has 0 N–H and O–H groups in total. The zero-order valence-electron chi connectivity index (χ0n) is 6.47. The molecule has 1 saturated carbocycles. The van der Waals surface area contributed by atoms with Gasteiger partial charge in [0.25, 0.3) is 0 Å². The average molecular weight is 172 g/mol. The first-order valence-corrected chi connectivity index (χ1v) is 5.13. The molecule has 1 heterocycles. The van der Waals surface area contributed by atoms with Crippen LogP contribution in [0.3, 0.4) is 0 Å². The predicted octanol–water partition coefficient (Wildman–Crippen LogP) is 1.59. The van der Waals surface area contributed by atoms with Crippen LogP contribution in [0.2, 0.25) is 0 Å². The van der Waals surface area contributed by atoms with Gasteiger partial charge in [-0.3, -0.25) is 4.79 Å². The number of hydrogen-bond acceptors (Lipinski definition) is 3. The average Bonchev–Trinajstić information content (AvgIpc) is 2.46. The van der Waals surface area contributed by atoms with Crippen LogP contribution in [-0.2, 0) is 9.53 Å². The third kappa shape index (κ3) is 1.20. The number of thioether (sulfide) groups is 1. The summed E-state index contributed by atoms with van der Waals surface area (Å²) in [6, 6.07) is 0. The van der Waals surface area contributed by atoms with Gasteiger partial charge >= 0.3 is 0 Å². The highest BCUT2D eigenvalue weighted by Gasteiger charge is 2.44. The molecule has 0 aromatic rings. The first-order chi connectivity index (χ1) is 5.33. The maximum atomic E-state index is 11.5. The first kappa shape index (κ1) is 7.62. The van der Waals surface area contributed by atoms with Crippen LogP contribution in [0, 0.1) is 0 Å². The quantitative estimate of drug-likeness (QED) is 0.555. The van der Waals surface area contributed by atoms with Crippen LogP contribution in [0.4, 0.5) is 0 Å². The molecule has 1 atom stereocenters. The molecule has 0 bridgehead atoms. The lowest BCUT2D eigenvalue weighted by Gasteiger charge is -2.29. The van der Waals surface area contributed by atoms with E-state index >= 15 is 0 Å². The number of carbonyl (C=O) groups is 1. The smallest absolute Gasteiger partial charge is 0.174 e. The van der Waals surface area contributed by atoms with Gasteiger partial charge in [-0.15, -0.1) is 11.8 Å². The molecule has 1 aliphatic heterocycles. The number of ketones is 1. The molecule has 0 amide bonds. The lowest BCUT2D eigenvalue weighted by molar-refractivity contribution is -0.135. The standard InChI is InChI=1S/C8H12O2S/c9-7-3-1-2-4-8(7)10-5-6-11-8/h1-6H2. The van der Waals surface area contributed by atoms with Crippen molar-refractivity contribution in [1.82, 2.24) is 0 Å². The van der Waals surface area contributed by atoms with Crippen molar-refractivity contribution < 1.29 is 9.53 Å². The molecule has 1 spiro atoms. The lowest BCUT2D eigenvalue weighted by atomic mass is 9.96. The van der Waals surface area contributed by atoms with Crippen LogP contribution in [0.5, 0.6) is 0 Å². The minimum atomic E-state index is -0.391. The van der Waals surface area contributed by atoms with Crippen LogP contribution in [0.15, 0.2) is 0 Å². The summed E-state index contributed by atoms with van der Waals surface area (Å²) in [5, 5.41) is 0. The molecule has 1 unspecified atom stereocenters. The van der Waals surface area contributed by atoms with Gasteiger partial charge < -0.3 is 4.74 Å². The Bertz CT molecular complexity index is 173. The molecule has 1 aliphatic carbocycles. The normalized spacial score (nSPS) is 38.4. The number of hydrogen-bond donors (Lipinski definition) is 0. The van der Waals surface area contributed by atoms with Crippen molar-refractivity contribution >= 4 is 17.5 Å². The van der Waals surface area contributed by atoms with Gasteiger partial charge in [0.1, 0.15) is 0 Å². The third-order valence-corrected chi connectivity index (χ3v) is 3.73.